The van der Waals surface area contributed by atoms with Crippen LogP contribution in [0.2, 0.25) is 10.0 Å². The molecule has 1 aliphatic rings. The zero-order chi connectivity index (χ0) is 30.3. The van der Waals surface area contributed by atoms with Gasteiger partial charge in [0.2, 0.25) is 11.8 Å². The molecule has 0 heterocycles. The first-order valence-electron chi connectivity index (χ1n) is 13.9. The predicted octanol–water partition coefficient (Wildman–Crippen LogP) is 6.06. The van der Waals surface area contributed by atoms with Crippen molar-refractivity contribution in [1.82, 2.24) is 10.2 Å². The van der Waals surface area contributed by atoms with Gasteiger partial charge in [-0.05, 0) is 67.8 Å². The molecule has 3 aromatic carbocycles. The number of hydrogen-bond donors (Lipinski definition) is 1. The lowest BCUT2D eigenvalue weighted by molar-refractivity contribution is -0.139. The normalized spacial score (nSPS) is 14.6. The topological polar surface area (TPSA) is 96.0 Å². The number of nitrogens with zero attached hydrogens (tertiary/aromatic N) is 2. The van der Waals surface area contributed by atoms with E-state index in [1.807, 2.05) is 0 Å². The average molecular weight is 633 g/mol. The fourth-order valence-electron chi connectivity index (χ4n) is 5.07. The van der Waals surface area contributed by atoms with E-state index in [2.05, 4.69) is 5.32 Å². The lowest BCUT2D eigenvalue weighted by Gasteiger charge is -2.33. The SMILES string of the molecule is COc1ccc(Cl)cc1N(CC(=O)N(Cc1cccc(Cl)c1)[C@@H](C)C(=O)NC1CCCCC1)S(=O)(=O)c1ccccc1. The second-order valence-corrected chi connectivity index (χ2v) is 13.0. The molecule has 0 aromatic heterocycles. The number of carbonyl (C=O) groups is 2. The highest BCUT2D eigenvalue weighted by Crippen LogP contribution is 2.35. The minimum atomic E-state index is -4.25. The minimum absolute atomic E-state index is 0.00990. The summed E-state index contributed by atoms with van der Waals surface area (Å²) >= 11 is 12.5. The number of anilines is 1. The number of rotatable bonds is 11. The van der Waals surface area contributed by atoms with Crippen LogP contribution in [0.1, 0.15) is 44.6 Å². The quantitative estimate of drug-likeness (QED) is 0.277. The number of carbonyl (C=O) groups excluding carboxylic acids is 2. The number of methoxy groups -OCH3 is 1. The van der Waals surface area contributed by atoms with Crippen molar-refractivity contribution in [3.8, 4) is 5.75 Å². The van der Waals surface area contributed by atoms with Crippen LogP contribution in [0.5, 0.6) is 5.75 Å². The van der Waals surface area contributed by atoms with E-state index in [0.29, 0.717) is 10.6 Å². The van der Waals surface area contributed by atoms with Gasteiger partial charge >= 0.3 is 0 Å². The fraction of sp³-hybridized carbons (Fsp3) is 0.355. The Kier molecular flexibility index (Phi) is 10.8. The molecule has 2 amide bonds. The fourth-order valence-corrected chi connectivity index (χ4v) is 6.89. The van der Waals surface area contributed by atoms with Crippen molar-refractivity contribution < 1.29 is 22.7 Å². The molecule has 8 nitrogen and oxygen atoms in total. The molecule has 1 N–H and O–H groups in total. The molecule has 1 fully saturated rings. The number of benzene rings is 3. The Labute approximate surface area is 257 Å². The number of halogens is 2. The van der Waals surface area contributed by atoms with E-state index in [9.17, 15) is 18.0 Å². The molecule has 3 aromatic rings. The molecule has 0 aliphatic heterocycles. The molecule has 1 atom stereocenters. The van der Waals surface area contributed by atoms with Crippen LogP contribution in [0.15, 0.2) is 77.7 Å². The monoisotopic (exact) mass is 631 g/mol. The lowest BCUT2D eigenvalue weighted by Crippen LogP contribution is -2.53. The van der Waals surface area contributed by atoms with Crippen LogP contribution >= 0.6 is 23.2 Å². The van der Waals surface area contributed by atoms with Crippen molar-refractivity contribution >= 4 is 50.7 Å². The first kappa shape index (κ1) is 31.7. The molecule has 11 heteroatoms. The Morgan fingerprint density at radius 1 is 0.952 bits per heavy atom. The first-order valence-corrected chi connectivity index (χ1v) is 16.1. The van der Waals surface area contributed by atoms with E-state index < -0.39 is 28.5 Å². The van der Waals surface area contributed by atoms with E-state index >= 15 is 0 Å². The molecule has 0 radical (unpaired) electrons. The van der Waals surface area contributed by atoms with Gasteiger partial charge in [0.25, 0.3) is 10.0 Å². The first-order chi connectivity index (χ1) is 20.1. The standard InChI is InChI=1S/C31H35Cl2N3O5S/c1-22(31(38)34-26-12-5-3-6-13-26)35(20-23-10-9-11-24(32)18-23)30(37)21-36(28-19-25(33)16-17-29(28)41-2)42(39,40)27-14-7-4-8-15-27/h4,7-11,14-19,22,26H,3,5-6,12-13,20-21H2,1-2H3,(H,34,38)/t22-/m0/s1. The number of nitrogens with one attached hydrogen (secondary N) is 1. The Morgan fingerprint density at radius 2 is 1.64 bits per heavy atom. The number of amides is 2. The lowest BCUT2D eigenvalue weighted by atomic mass is 9.95. The van der Waals surface area contributed by atoms with Crippen molar-refractivity contribution in [3.05, 3.63) is 88.4 Å². The summed E-state index contributed by atoms with van der Waals surface area (Å²) in [5.74, 6) is -0.658. The van der Waals surface area contributed by atoms with Gasteiger partial charge in [0.15, 0.2) is 0 Å². The van der Waals surface area contributed by atoms with Crippen LogP contribution in [0.3, 0.4) is 0 Å². The maximum Gasteiger partial charge on any atom is 0.264 e. The molecular formula is C31H35Cl2N3O5S. The van der Waals surface area contributed by atoms with Gasteiger partial charge in [-0.1, -0.05) is 72.8 Å². The van der Waals surface area contributed by atoms with E-state index in [-0.39, 0.29) is 39.8 Å². The van der Waals surface area contributed by atoms with Gasteiger partial charge in [-0.2, -0.15) is 0 Å². The second kappa shape index (κ2) is 14.3. The maximum atomic E-state index is 14.1. The molecule has 0 unspecified atom stereocenters. The van der Waals surface area contributed by atoms with Crippen LogP contribution in [0, 0.1) is 0 Å². The Morgan fingerprint density at radius 3 is 2.31 bits per heavy atom. The van der Waals surface area contributed by atoms with Crippen LogP contribution in [-0.4, -0.2) is 50.9 Å². The third kappa shape index (κ3) is 7.76. The highest BCUT2D eigenvalue weighted by Gasteiger charge is 2.34. The average Bonchev–Trinajstić information content (AvgIpc) is 2.99. The molecule has 4 rings (SSSR count). The molecule has 0 saturated heterocycles. The summed E-state index contributed by atoms with van der Waals surface area (Å²) in [4.78, 5) is 29.0. The summed E-state index contributed by atoms with van der Waals surface area (Å²) in [6, 6.07) is 18.5. The van der Waals surface area contributed by atoms with Gasteiger partial charge in [0, 0.05) is 22.6 Å². The summed E-state index contributed by atoms with van der Waals surface area (Å²) in [7, 11) is -2.85. The van der Waals surface area contributed by atoms with Crippen molar-refractivity contribution in [1.29, 1.82) is 0 Å². The van der Waals surface area contributed by atoms with Gasteiger partial charge in [-0.3, -0.25) is 13.9 Å². The van der Waals surface area contributed by atoms with E-state index in [4.69, 9.17) is 27.9 Å². The third-order valence-electron chi connectivity index (χ3n) is 7.38. The molecule has 0 spiro atoms. The zero-order valence-electron chi connectivity index (χ0n) is 23.6. The van der Waals surface area contributed by atoms with Crippen molar-refractivity contribution in [2.75, 3.05) is 18.0 Å². The summed E-state index contributed by atoms with van der Waals surface area (Å²) < 4.78 is 34.4. The summed E-state index contributed by atoms with van der Waals surface area (Å²) in [6.45, 7) is 1.09. The molecule has 42 heavy (non-hydrogen) atoms. The predicted molar refractivity (Wildman–Crippen MR) is 165 cm³/mol. The Hall–Kier alpha value is -3.27. The minimum Gasteiger partial charge on any atom is -0.495 e. The summed E-state index contributed by atoms with van der Waals surface area (Å²) in [5.41, 5.74) is 0.801. The van der Waals surface area contributed by atoms with Crippen LogP contribution in [0.25, 0.3) is 0 Å². The van der Waals surface area contributed by atoms with E-state index in [1.54, 1.807) is 61.5 Å². The molecule has 224 valence electrons. The highest BCUT2D eigenvalue weighted by molar-refractivity contribution is 7.92. The Balaban J connectivity index is 1.72. The number of ether oxygens (including phenoxy) is 1. The van der Waals surface area contributed by atoms with Crippen molar-refractivity contribution in [2.45, 2.75) is 62.6 Å². The van der Waals surface area contributed by atoms with Crippen molar-refractivity contribution in [2.24, 2.45) is 0 Å². The third-order valence-corrected chi connectivity index (χ3v) is 9.62. The smallest absolute Gasteiger partial charge is 0.264 e. The van der Waals surface area contributed by atoms with E-state index in [1.165, 1.54) is 30.2 Å². The van der Waals surface area contributed by atoms with Gasteiger partial charge in [-0.15, -0.1) is 0 Å². The summed E-state index contributed by atoms with van der Waals surface area (Å²) in [5, 5.41) is 3.84. The van der Waals surface area contributed by atoms with Crippen LogP contribution < -0.4 is 14.4 Å². The number of sulfonamides is 1. The molecule has 1 aliphatic carbocycles. The largest absolute Gasteiger partial charge is 0.495 e. The van der Waals surface area contributed by atoms with Crippen LogP contribution in [-0.2, 0) is 26.2 Å². The van der Waals surface area contributed by atoms with Gasteiger partial charge in [0.05, 0.1) is 17.7 Å². The second-order valence-electron chi connectivity index (χ2n) is 10.3. The Bertz CT molecular complexity index is 1500. The highest BCUT2D eigenvalue weighted by atomic mass is 35.5. The molecule has 0 bridgehead atoms. The van der Waals surface area contributed by atoms with Crippen LogP contribution in [0.4, 0.5) is 5.69 Å². The zero-order valence-corrected chi connectivity index (χ0v) is 26.0. The van der Waals surface area contributed by atoms with Gasteiger partial charge < -0.3 is 15.0 Å². The number of hydrogen-bond acceptors (Lipinski definition) is 5. The molecule has 1 saturated carbocycles. The van der Waals surface area contributed by atoms with Crippen molar-refractivity contribution in [3.63, 3.8) is 0 Å². The van der Waals surface area contributed by atoms with E-state index in [0.717, 1.165) is 36.4 Å². The summed E-state index contributed by atoms with van der Waals surface area (Å²) in [6.07, 6.45) is 4.99. The van der Waals surface area contributed by atoms with Gasteiger partial charge in [-0.25, -0.2) is 8.42 Å². The van der Waals surface area contributed by atoms with Gasteiger partial charge in [0.1, 0.15) is 18.3 Å². The molecular weight excluding hydrogens is 597 g/mol. The maximum absolute atomic E-state index is 14.1.